The summed E-state index contributed by atoms with van der Waals surface area (Å²) in [7, 11) is -3.66. The number of pyridine rings is 1. The molecule has 2 aromatic heterocycles. The van der Waals surface area contributed by atoms with Crippen LogP contribution in [0.2, 0.25) is 5.02 Å². The van der Waals surface area contributed by atoms with Gasteiger partial charge in [-0.05, 0) is 43.2 Å². The van der Waals surface area contributed by atoms with Crippen molar-refractivity contribution in [3.8, 4) is 5.75 Å². The molecule has 29 heavy (non-hydrogen) atoms. The second-order valence-corrected chi connectivity index (χ2v) is 9.14. The van der Waals surface area contributed by atoms with E-state index >= 15 is 0 Å². The summed E-state index contributed by atoms with van der Waals surface area (Å²) in [4.78, 5) is 16.4. The van der Waals surface area contributed by atoms with E-state index in [9.17, 15) is 13.2 Å². The van der Waals surface area contributed by atoms with Crippen molar-refractivity contribution in [2.45, 2.75) is 24.3 Å². The standard InChI is InChI=1S/C19H19ClN4O4S/c20-13-3-6-18-22-14(11-23(18)10-13)12-28-17-5-4-15(9-16(17)19(21)25)29(26,27)24-7-1-2-8-24/h3-6,9-11H,1-2,7-8,12H2,(H2,21,25). The highest BCUT2D eigenvalue weighted by Crippen LogP contribution is 2.27. The third-order valence-corrected chi connectivity index (χ3v) is 6.88. The molecule has 4 rings (SSSR count). The molecule has 1 aliphatic rings. The highest BCUT2D eigenvalue weighted by Gasteiger charge is 2.28. The first kappa shape index (κ1) is 19.7. The highest BCUT2D eigenvalue weighted by atomic mass is 35.5. The number of amides is 1. The zero-order chi connectivity index (χ0) is 20.6. The predicted molar refractivity (Wildman–Crippen MR) is 107 cm³/mol. The van der Waals surface area contributed by atoms with Crippen molar-refractivity contribution < 1.29 is 17.9 Å². The molecule has 0 atom stereocenters. The average molecular weight is 435 g/mol. The first-order valence-corrected chi connectivity index (χ1v) is 10.9. The molecule has 8 nitrogen and oxygen atoms in total. The van der Waals surface area contributed by atoms with Gasteiger partial charge < -0.3 is 14.9 Å². The van der Waals surface area contributed by atoms with Crippen LogP contribution < -0.4 is 10.5 Å². The smallest absolute Gasteiger partial charge is 0.252 e. The summed E-state index contributed by atoms with van der Waals surface area (Å²) in [6, 6.07) is 7.67. The number of carbonyl (C=O) groups excluding carboxylic acids is 1. The molecule has 0 aliphatic carbocycles. The van der Waals surface area contributed by atoms with Crippen molar-refractivity contribution in [1.29, 1.82) is 0 Å². The van der Waals surface area contributed by atoms with Crippen molar-refractivity contribution in [2.75, 3.05) is 13.1 Å². The Morgan fingerprint density at radius 1 is 1.17 bits per heavy atom. The second kappa shape index (κ2) is 7.66. The van der Waals surface area contributed by atoms with Crippen molar-refractivity contribution in [3.05, 3.63) is 59.0 Å². The number of rotatable bonds is 6. The lowest BCUT2D eigenvalue weighted by Crippen LogP contribution is -2.28. The van der Waals surface area contributed by atoms with Crippen LogP contribution in [0.3, 0.4) is 0 Å². The maximum atomic E-state index is 12.7. The SMILES string of the molecule is NC(=O)c1cc(S(=O)(=O)N2CCCC2)ccc1OCc1cn2cc(Cl)ccc2n1. The molecule has 1 aliphatic heterocycles. The lowest BCUT2D eigenvalue weighted by atomic mass is 10.2. The van der Waals surface area contributed by atoms with E-state index in [1.54, 1.807) is 28.9 Å². The van der Waals surface area contributed by atoms with Gasteiger partial charge in [0.15, 0.2) is 0 Å². The first-order chi connectivity index (χ1) is 13.8. The number of sulfonamides is 1. The molecule has 0 radical (unpaired) electrons. The summed E-state index contributed by atoms with van der Waals surface area (Å²) >= 11 is 5.97. The Kier molecular flexibility index (Phi) is 5.20. The number of ether oxygens (including phenoxy) is 1. The Labute approximate surface area is 172 Å². The van der Waals surface area contributed by atoms with Gasteiger partial charge in [0.2, 0.25) is 10.0 Å². The van der Waals surface area contributed by atoms with E-state index in [1.807, 2.05) is 0 Å². The molecule has 152 valence electrons. The Hall–Kier alpha value is -2.62. The maximum absolute atomic E-state index is 12.7. The van der Waals surface area contributed by atoms with Gasteiger partial charge in [-0.2, -0.15) is 4.31 Å². The van der Waals surface area contributed by atoms with Crippen molar-refractivity contribution >= 4 is 33.2 Å². The third-order valence-electron chi connectivity index (χ3n) is 4.76. The number of primary amides is 1. The van der Waals surface area contributed by atoms with Crippen molar-refractivity contribution in [3.63, 3.8) is 0 Å². The number of carbonyl (C=O) groups is 1. The number of nitrogens with two attached hydrogens (primary N) is 1. The fourth-order valence-corrected chi connectivity index (χ4v) is 5.02. The normalized spacial score (nSPS) is 15.1. The molecular weight excluding hydrogens is 416 g/mol. The highest BCUT2D eigenvalue weighted by molar-refractivity contribution is 7.89. The van der Waals surface area contributed by atoms with E-state index in [-0.39, 0.29) is 22.8 Å². The number of hydrogen-bond donors (Lipinski definition) is 1. The van der Waals surface area contributed by atoms with Gasteiger partial charge in [-0.1, -0.05) is 11.6 Å². The zero-order valence-electron chi connectivity index (χ0n) is 15.4. The minimum absolute atomic E-state index is 0.0112. The van der Waals surface area contributed by atoms with Crippen LogP contribution in [0.25, 0.3) is 5.65 Å². The number of benzene rings is 1. The monoisotopic (exact) mass is 434 g/mol. The van der Waals surface area contributed by atoms with Gasteiger partial charge in [0.1, 0.15) is 18.0 Å². The molecule has 1 aromatic carbocycles. The number of halogens is 1. The van der Waals surface area contributed by atoms with Crippen molar-refractivity contribution in [1.82, 2.24) is 13.7 Å². The maximum Gasteiger partial charge on any atom is 0.252 e. The largest absolute Gasteiger partial charge is 0.486 e. The molecule has 0 bridgehead atoms. The first-order valence-electron chi connectivity index (χ1n) is 9.04. The van der Waals surface area contributed by atoms with Gasteiger partial charge in [0, 0.05) is 25.5 Å². The molecule has 1 saturated heterocycles. The van der Waals surface area contributed by atoms with E-state index < -0.39 is 15.9 Å². The quantitative estimate of drug-likeness (QED) is 0.641. The number of nitrogens with zero attached hydrogens (tertiary/aromatic N) is 3. The summed E-state index contributed by atoms with van der Waals surface area (Å²) in [5.74, 6) is -0.562. The minimum atomic E-state index is -3.66. The van der Waals surface area contributed by atoms with E-state index in [0.29, 0.717) is 29.5 Å². The van der Waals surface area contributed by atoms with E-state index in [4.69, 9.17) is 22.1 Å². The van der Waals surface area contributed by atoms with Gasteiger partial charge >= 0.3 is 0 Å². The molecule has 1 amide bonds. The molecular formula is C19H19ClN4O4S. The van der Waals surface area contributed by atoms with Crippen molar-refractivity contribution in [2.24, 2.45) is 5.73 Å². The Balaban J connectivity index is 1.58. The summed E-state index contributed by atoms with van der Waals surface area (Å²) in [6.07, 6.45) is 5.14. The second-order valence-electron chi connectivity index (χ2n) is 6.77. The van der Waals surface area contributed by atoms with Gasteiger partial charge in [-0.25, -0.2) is 13.4 Å². The van der Waals surface area contributed by atoms with Crippen LogP contribution in [0.4, 0.5) is 0 Å². The van der Waals surface area contributed by atoms with Crippen LogP contribution in [-0.2, 0) is 16.6 Å². The molecule has 3 heterocycles. The number of aromatic nitrogens is 2. The van der Waals surface area contributed by atoms with Crippen LogP contribution in [0.1, 0.15) is 28.9 Å². The summed E-state index contributed by atoms with van der Waals surface area (Å²) < 4.78 is 34.4. The topological polar surface area (TPSA) is 107 Å². The lowest BCUT2D eigenvalue weighted by molar-refractivity contribution is 0.0995. The van der Waals surface area contributed by atoms with Crippen LogP contribution in [0.5, 0.6) is 5.75 Å². The number of hydrogen-bond acceptors (Lipinski definition) is 5. The van der Waals surface area contributed by atoms with Crippen LogP contribution in [-0.4, -0.2) is 41.1 Å². The fourth-order valence-electron chi connectivity index (χ4n) is 3.30. The fraction of sp³-hybridized carbons (Fsp3) is 0.263. The summed E-state index contributed by atoms with van der Waals surface area (Å²) in [6.45, 7) is 1.03. The third kappa shape index (κ3) is 3.93. The number of imidazole rings is 1. The lowest BCUT2D eigenvalue weighted by Gasteiger charge is -2.17. The van der Waals surface area contributed by atoms with Gasteiger partial charge in [-0.3, -0.25) is 4.79 Å². The Morgan fingerprint density at radius 2 is 1.93 bits per heavy atom. The molecule has 3 aromatic rings. The molecule has 0 unspecified atom stereocenters. The van der Waals surface area contributed by atoms with E-state index in [2.05, 4.69) is 4.98 Å². The van der Waals surface area contributed by atoms with E-state index in [1.165, 1.54) is 22.5 Å². The zero-order valence-corrected chi connectivity index (χ0v) is 17.0. The van der Waals surface area contributed by atoms with Crippen LogP contribution in [0.15, 0.2) is 47.6 Å². The predicted octanol–water partition coefficient (Wildman–Crippen LogP) is 2.45. The molecule has 1 fully saturated rings. The minimum Gasteiger partial charge on any atom is -0.486 e. The molecule has 2 N–H and O–H groups in total. The molecule has 0 saturated carbocycles. The van der Waals surface area contributed by atoms with Gasteiger partial charge in [0.05, 0.1) is 21.2 Å². The molecule has 10 heteroatoms. The molecule has 0 spiro atoms. The Bertz CT molecular complexity index is 1190. The van der Waals surface area contributed by atoms with Crippen LogP contribution in [0, 0.1) is 0 Å². The van der Waals surface area contributed by atoms with E-state index in [0.717, 1.165) is 12.8 Å². The van der Waals surface area contributed by atoms with Gasteiger partial charge in [0.25, 0.3) is 5.91 Å². The van der Waals surface area contributed by atoms with Crippen LogP contribution >= 0.6 is 11.6 Å². The van der Waals surface area contributed by atoms with Gasteiger partial charge in [-0.15, -0.1) is 0 Å². The number of fused-ring (bicyclic) bond motifs is 1. The summed E-state index contributed by atoms with van der Waals surface area (Å²) in [5, 5.41) is 0.577. The Morgan fingerprint density at radius 3 is 2.66 bits per heavy atom. The average Bonchev–Trinajstić information content (AvgIpc) is 3.35. The summed E-state index contributed by atoms with van der Waals surface area (Å²) in [5.41, 5.74) is 6.80.